The Morgan fingerprint density at radius 2 is 2.00 bits per heavy atom. The highest BCUT2D eigenvalue weighted by molar-refractivity contribution is 9.10. The van der Waals surface area contributed by atoms with Gasteiger partial charge in [0.05, 0.1) is 0 Å². The molecule has 3 heteroatoms. The van der Waals surface area contributed by atoms with Crippen molar-refractivity contribution in [1.29, 1.82) is 0 Å². The van der Waals surface area contributed by atoms with E-state index in [1.165, 1.54) is 23.1 Å². The maximum Gasteiger partial charge on any atom is 0.0408 e. The lowest BCUT2D eigenvalue weighted by atomic mass is 10.0. The van der Waals surface area contributed by atoms with Gasteiger partial charge in [0.25, 0.3) is 0 Å². The van der Waals surface area contributed by atoms with Crippen LogP contribution in [0.1, 0.15) is 36.1 Å². The quantitative estimate of drug-likeness (QED) is 0.775. The Balaban J connectivity index is 1.64. The number of aryl methyl sites for hydroxylation is 1. The monoisotopic (exact) mass is 363 g/mol. The van der Waals surface area contributed by atoms with Crippen LogP contribution in [0.25, 0.3) is 0 Å². The summed E-state index contributed by atoms with van der Waals surface area (Å²) >= 11 is 9.55. The van der Waals surface area contributed by atoms with E-state index >= 15 is 0 Å². The minimum atomic E-state index is 0.456. The zero-order valence-corrected chi connectivity index (χ0v) is 14.4. The van der Waals surface area contributed by atoms with Gasteiger partial charge in [-0.15, -0.1) is 0 Å². The van der Waals surface area contributed by atoms with Gasteiger partial charge in [-0.2, -0.15) is 0 Å². The predicted octanol–water partition coefficient (Wildman–Crippen LogP) is 5.31. The third kappa shape index (κ3) is 3.68. The Hall–Kier alpha value is -0.830. The van der Waals surface area contributed by atoms with Crippen LogP contribution in [0.3, 0.4) is 0 Å². The lowest BCUT2D eigenvalue weighted by Crippen LogP contribution is -2.31. The topological polar surface area (TPSA) is 12.0 Å². The van der Waals surface area contributed by atoms with Crippen molar-refractivity contribution in [2.24, 2.45) is 0 Å². The molecule has 0 saturated heterocycles. The SMILES string of the molecule is CC(Cc1ccc(Br)cc1)NC1CCc2cc(Cl)ccc21. The van der Waals surface area contributed by atoms with Crippen molar-refractivity contribution < 1.29 is 0 Å². The summed E-state index contributed by atoms with van der Waals surface area (Å²) in [6.07, 6.45) is 3.34. The first-order chi connectivity index (χ1) is 10.1. The van der Waals surface area contributed by atoms with Gasteiger partial charge in [-0.25, -0.2) is 0 Å². The number of benzene rings is 2. The molecule has 1 aliphatic rings. The number of rotatable bonds is 4. The van der Waals surface area contributed by atoms with E-state index in [0.29, 0.717) is 12.1 Å². The fourth-order valence-corrected chi connectivity index (χ4v) is 3.59. The van der Waals surface area contributed by atoms with E-state index in [9.17, 15) is 0 Å². The van der Waals surface area contributed by atoms with Gasteiger partial charge in [0, 0.05) is 21.6 Å². The van der Waals surface area contributed by atoms with Crippen molar-refractivity contribution in [3.63, 3.8) is 0 Å². The molecule has 2 aromatic rings. The number of fused-ring (bicyclic) bond motifs is 1. The number of hydrogen-bond donors (Lipinski definition) is 1. The Kier molecular flexibility index (Phi) is 4.68. The van der Waals surface area contributed by atoms with Crippen molar-refractivity contribution in [3.8, 4) is 0 Å². The Labute approximate surface area is 139 Å². The molecule has 1 nitrogen and oxygen atoms in total. The summed E-state index contributed by atoms with van der Waals surface area (Å²) in [6, 6.07) is 15.8. The van der Waals surface area contributed by atoms with Crippen molar-refractivity contribution >= 4 is 27.5 Å². The minimum absolute atomic E-state index is 0.456. The Morgan fingerprint density at radius 1 is 1.24 bits per heavy atom. The first-order valence-electron chi connectivity index (χ1n) is 7.40. The highest BCUT2D eigenvalue weighted by Gasteiger charge is 2.23. The van der Waals surface area contributed by atoms with Gasteiger partial charge in [-0.05, 0) is 67.1 Å². The van der Waals surface area contributed by atoms with E-state index in [4.69, 9.17) is 11.6 Å². The first-order valence-corrected chi connectivity index (χ1v) is 8.58. The molecule has 0 saturated carbocycles. The molecule has 3 rings (SSSR count). The standard InChI is InChI=1S/C18H19BrClN/c1-12(10-13-2-5-15(19)6-3-13)21-18-9-4-14-11-16(20)7-8-17(14)18/h2-3,5-8,11-12,18,21H,4,9-10H2,1H3. The van der Waals surface area contributed by atoms with Crippen LogP contribution in [0.5, 0.6) is 0 Å². The molecule has 0 aliphatic heterocycles. The van der Waals surface area contributed by atoms with Crippen molar-refractivity contribution in [1.82, 2.24) is 5.32 Å². The summed E-state index contributed by atoms with van der Waals surface area (Å²) < 4.78 is 1.13. The van der Waals surface area contributed by atoms with E-state index in [1.807, 2.05) is 6.07 Å². The number of halogens is 2. The summed E-state index contributed by atoms with van der Waals surface area (Å²) in [5.41, 5.74) is 4.19. The molecule has 0 heterocycles. The summed E-state index contributed by atoms with van der Waals surface area (Å²) in [4.78, 5) is 0. The lowest BCUT2D eigenvalue weighted by molar-refractivity contribution is 0.451. The molecule has 1 N–H and O–H groups in total. The molecule has 21 heavy (non-hydrogen) atoms. The predicted molar refractivity (Wildman–Crippen MR) is 93.0 cm³/mol. The average Bonchev–Trinajstić information content (AvgIpc) is 2.83. The van der Waals surface area contributed by atoms with Gasteiger partial charge in [-0.3, -0.25) is 0 Å². The molecule has 2 unspecified atom stereocenters. The molecule has 0 fully saturated rings. The first kappa shape index (κ1) is 15.1. The number of hydrogen-bond acceptors (Lipinski definition) is 1. The molecule has 0 amide bonds. The lowest BCUT2D eigenvalue weighted by Gasteiger charge is -2.20. The van der Waals surface area contributed by atoms with Crippen LogP contribution >= 0.6 is 27.5 Å². The molecule has 1 aliphatic carbocycles. The molecule has 0 radical (unpaired) electrons. The molecule has 0 aromatic heterocycles. The second-order valence-corrected chi connectivity index (χ2v) is 7.18. The fourth-order valence-electron chi connectivity index (χ4n) is 3.14. The van der Waals surface area contributed by atoms with Crippen LogP contribution in [0.2, 0.25) is 5.02 Å². The summed E-state index contributed by atoms with van der Waals surface area (Å²) in [5.74, 6) is 0. The number of nitrogens with one attached hydrogen (secondary N) is 1. The zero-order chi connectivity index (χ0) is 14.8. The molecular weight excluding hydrogens is 346 g/mol. The van der Waals surface area contributed by atoms with Crippen LogP contribution in [-0.2, 0) is 12.8 Å². The van der Waals surface area contributed by atoms with Gasteiger partial charge >= 0.3 is 0 Å². The summed E-state index contributed by atoms with van der Waals surface area (Å²) in [5, 5.41) is 4.61. The molecule has 2 aromatic carbocycles. The minimum Gasteiger partial charge on any atom is -0.307 e. The highest BCUT2D eigenvalue weighted by Crippen LogP contribution is 2.33. The van der Waals surface area contributed by atoms with E-state index < -0.39 is 0 Å². The second-order valence-electron chi connectivity index (χ2n) is 5.83. The second kappa shape index (κ2) is 6.51. The molecule has 0 bridgehead atoms. The summed E-state index contributed by atoms with van der Waals surface area (Å²) in [7, 11) is 0. The molecular formula is C18H19BrClN. The highest BCUT2D eigenvalue weighted by atomic mass is 79.9. The van der Waals surface area contributed by atoms with Crippen molar-refractivity contribution in [3.05, 3.63) is 68.7 Å². The van der Waals surface area contributed by atoms with E-state index in [2.05, 4.69) is 64.6 Å². The zero-order valence-electron chi connectivity index (χ0n) is 12.1. The maximum atomic E-state index is 6.07. The van der Waals surface area contributed by atoms with Crippen molar-refractivity contribution in [2.75, 3.05) is 0 Å². The van der Waals surface area contributed by atoms with E-state index in [-0.39, 0.29) is 0 Å². The van der Waals surface area contributed by atoms with E-state index in [0.717, 1.165) is 22.3 Å². The van der Waals surface area contributed by atoms with Crippen LogP contribution in [0, 0.1) is 0 Å². The van der Waals surface area contributed by atoms with Gasteiger partial charge in [0.15, 0.2) is 0 Å². The Morgan fingerprint density at radius 3 is 2.76 bits per heavy atom. The molecule has 0 spiro atoms. The van der Waals surface area contributed by atoms with Crippen LogP contribution in [0.4, 0.5) is 0 Å². The maximum absolute atomic E-state index is 6.07. The van der Waals surface area contributed by atoms with Gasteiger partial charge in [0.2, 0.25) is 0 Å². The van der Waals surface area contributed by atoms with Gasteiger partial charge in [-0.1, -0.05) is 45.7 Å². The van der Waals surface area contributed by atoms with E-state index in [1.54, 1.807) is 0 Å². The van der Waals surface area contributed by atoms with Crippen molar-refractivity contribution in [2.45, 2.75) is 38.3 Å². The molecule has 110 valence electrons. The van der Waals surface area contributed by atoms with Crippen LogP contribution < -0.4 is 5.32 Å². The third-order valence-electron chi connectivity index (χ3n) is 4.12. The largest absolute Gasteiger partial charge is 0.307 e. The van der Waals surface area contributed by atoms with Crippen LogP contribution in [-0.4, -0.2) is 6.04 Å². The van der Waals surface area contributed by atoms with Crippen LogP contribution in [0.15, 0.2) is 46.9 Å². The summed E-state index contributed by atoms with van der Waals surface area (Å²) in [6.45, 7) is 2.26. The Bertz CT molecular complexity index is 624. The fraction of sp³-hybridized carbons (Fsp3) is 0.333. The molecule has 2 atom stereocenters. The third-order valence-corrected chi connectivity index (χ3v) is 4.89. The average molecular weight is 365 g/mol. The normalized spacial score (nSPS) is 18.5. The van der Waals surface area contributed by atoms with Gasteiger partial charge in [0.1, 0.15) is 0 Å². The smallest absolute Gasteiger partial charge is 0.0408 e. The van der Waals surface area contributed by atoms with Gasteiger partial charge < -0.3 is 5.32 Å².